The number of para-hydroxylation sites is 1. The van der Waals surface area contributed by atoms with Gasteiger partial charge in [0.05, 0.1) is 5.52 Å². The number of thioether (sulfide) groups is 1. The summed E-state index contributed by atoms with van der Waals surface area (Å²) in [4.78, 5) is 19.2. The lowest BCUT2D eigenvalue weighted by molar-refractivity contribution is 0.0683. The summed E-state index contributed by atoms with van der Waals surface area (Å²) in [6.45, 7) is 0.682. The average molecular weight is 278 g/mol. The third-order valence-electron chi connectivity index (χ3n) is 2.49. The number of ether oxygens (including phenoxy) is 1. The van der Waals surface area contributed by atoms with Crippen LogP contribution in [0.15, 0.2) is 29.3 Å². The second-order valence-electron chi connectivity index (χ2n) is 3.87. The fraction of sp³-hybridized carbons (Fsp3) is 0.308. The Kier molecular flexibility index (Phi) is 4.70. The molecule has 0 aliphatic heterocycles. The molecule has 2 aromatic rings. The van der Waals surface area contributed by atoms with E-state index in [4.69, 9.17) is 9.84 Å². The van der Waals surface area contributed by atoms with E-state index in [9.17, 15) is 4.79 Å². The van der Waals surface area contributed by atoms with Gasteiger partial charge in [0.15, 0.2) is 0 Å². The Labute approximate surface area is 115 Å². The Morgan fingerprint density at radius 3 is 2.89 bits per heavy atom. The summed E-state index contributed by atoms with van der Waals surface area (Å²) in [5.74, 6) is -0.439. The molecule has 6 heteroatoms. The van der Waals surface area contributed by atoms with Crippen LogP contribution in [0.4, 0.5) is 0 Å². The zero-order valence-corrected chi connectivity index (χ0v) is 11.3. The molecule has 0 aliphatic carbocycles. The van der Waals surface area contributed by atoms with Gasteiger partial charge in [0.25, 0.3) is 0 Å². The van der Waals surface area contributed by atoms with E-state index in [2.05, 4.69) is 9.97 Å². The standard InChI is InChI=1S/C13H14N2O3S/c1-18-7-4-8-19-12-9-5-2-3-6-10(9)14-11(15-12)13(16)17/h2-3,5-6H,4,7-8H2,1H3,(H,16,17). The van der Waals surface area contributed by atoms with Gasteiger partial charge in [0, 0.05) is 24.9 Å². The van der Waals surface area contributed by atoms with Crippen LogP contribution in [-0.4, -0.2) is 40.5 Å². The second kappa shape index (κ2) is 6.49. The quantitative estimate of drug-likeness (QED) is 0.497. The molecule has 0 saturated heterocycles. The minimum absolute atomic E-state index is 0.159. The van der Waals surface area contributed by atoms with E-state index in [1.807, 2.05) is 18.2 Å². The number of hydrogen-bond donors (Lipinski definition) is 1. The fourth-order valence-corrected chi connectivity index (χ4v) is 2.56. The molecule has 100 valence electrons. The minimum Gasteiger partial charge on any atom is -0.475 e. The van der Waals surface area contributed by atoms with Gasteiger partial charge in [0.2, 0.25) is 5.82 Å². The van der Waals surface area contributed by atoms with Gasteiger partial charge < -0.3 is 9.84 Å². The molecular formula is C13H14N2O3S. The number of hydrogen-bond acceptors (Lipinski definition) is 5. The van der Waals surface area contributed by atoms with Crippen LogP contribution in [0, 0.1) is 0 Å². The molecule has 1 aromatic heterocycles. The summed E-state index contributed by atoms with van der Waals surface area (Å²) in [5, 5.41) is 10.6. The first kappa shape index (κ1) is 13.8. The van der Waals surface area contributed by atoms with Gasteiger partial charge in [-0.05, 0) is 12.5 Å². The molecule has 1 aromatic carbocycles. The summed E-state index contributed by atoms with van der Waals surface area (Å²) in [5.41, 5.74) is 0.657. The Hall–Kier alpha value is -1.66. The Balaban J connectivity index is 2.31. The molecule has 0 atom stereocenters. The molecule has 0 radical (unpaired) electrons. The van der Waals surface area contributed by atoms with Crippen LogP contribution in [0.5, 0.6) is 0 Å². The largest absolute Gasteiger partial charge is 0.475 e. The van der Waals surface area contributed by atoms with Gasteiger partial charge >= 0.3 is 5.97 Å². The lowest BCUT2D eigenvalue weighted by Crippen LogP contribution is -2.05. The summed E-state index contributed by atoms with van der Waals surface area (Å²) >= 11 is 1.53. The third kappa shape index (κ3) is 3.42. The first-order valence-corrected chi connectivity index (χ1v) is 6.82. The zero-order valence-electron chi connectivity index (χ0n) is 10.5. The Morgan fingerprint density at radius 1 is 1.37 bits per heavy atom. The van der Waals surface area contributed by atoms with Crippen LogP contribution in [0.3, 0.4) is 0 Å². The first-order valence-electron chi connectivity index (χ1n) is 5.84. The summed E-state index contributed by atoms with van der Waals surface area (Å²) < 4.78 is 4.99. The van der Waals surface area contributed by atoms with Gasteiger partial charge in [0.1, 0.15) is 5.03 Å². The Bertz CT molecular complexity index is 589. The first-order chi connectivity index (χ1) is 9.22. The van der Waals surface area contributed by atoms with Crippen molar-refractivity contribution in [3.8, 4) is 0 Å². The Morgan fingerprint density at radius 2 is 2.16 bits per heavy atom. The number of carboxylic acids is 1. The van der Waals surface area contributed by atoms with Crippen LogP contribution in [0.25, 0.3) is 10.9 Å². The summed E-state index contributed by atoms with van der Waals surface area (Å²) in [6, 6.07) is 7.42. The van der Waals surface area contributed by atoms with Crippen molar-refractivity contribution in [3.63, 3.8) is 0 Å². The lowest BCUT2D eigenvalue weighted by Gasteiger charge is -2.06. The predicted molar refractivity (Wildman–Crippen MR) is 73.7 cm³/mol. The highest BCUT2D eigenvalue weighted by Gasteiger charge is 2.12. The van der Waals surface area contributed by atoms with Gasteiger partial charge in [-0.3, -0.25) is 0 Å². The van der Waals surface area contributed by atoms with Crippen molar-refractivity contribution in [2.24, 2.45) is 0 Å². The summed E-state index contributed by atoms with van der Waals surface area (Å²) in [6.07, 6.45) is 0.891. The van der Waals surface area contributed by atoms with Crippen LogP contribution in [-0.2, 0) is 4.74 Å². The smallest absolute Gasteiger partial charge is 0.373 e. The molecule has 0 amide bonds. The van der Waals surface area contributed by atoms with E-state index in [1.54, 1.807) is 13.2 Å². The van der Waals surface area contributed by atoms with E-state index < -0.39 is 5.97 Å². The molecule has 0 fully saturated rings. The number of aromatic nitrogens is 2. The van der Waals surface area contributed by atoms with Crippen molar-refractivity contribution in [1.29, 1.82) is 0 Å². The van der Waals surface area contributed by atoms with Crippen molar-refractivity contribution in [1.82, 2.24) is 9.97 Å². The normalized spacial score (nSPS) is 10.8. The molecule has 1 heterocycles. The molecule has 2 rings (SSSR count). The van der Waals surface area contributed by atoms with Gasteiger partial charge in [-0.15, -0.1) is 11.8 Å². The molecule has 0 bridgehead atoms. The molecule has 0 aliphatic rings. The minimum atomic E-state index is -1.11. The lowest BCUT2D eigenvalue weighted by atomic mass is 10.2. The highest BCUT2D eigenvalue weighted by atomic mass is 32.2. The van der Waals surface area contributed by atoms with Crippen LogP contribution in [0.1, 0.15) is 17.0 Å². The maximum atomic E-state index is 11.0. The second-order valence-corrected chi connectivity index (χ2v) is 4.95. The molecule has 0 unspecified atom stereocenters. The molecule has 0 spiro atoms. The number of methoxy groups -OCH3 is 1. The number of nitrogens with zero attached hydrogens (tertiary/aromatic N) is 2. The fourth-order valence-electron chi connectivity index (χ4n) is 1.63. The maximum absolute atomic E-state index is 11.0. The van der Waals surface area contributed by atoms with Crippen molar-refractivity contribution < 1.29 is 14.6 Å². The van der Waals surface area contributed by atoms with Crippen molar-refractivity contribution in [2.75, 3.05) is 19.5 Å². The maximum Gasteiger partial charge on any atom is 0.373 e. The van der Waals surface area contributed by atoms with Crippen molar-refractivity contribution >= 4 is 28.6 Å². The topological polar surface area (TPSA) is 72.3 Å². The SMILES string of the molecule is COCCCSc1nc(C(=O)O)nc2ccccc12. The van der Waals surface area contributed by atoms with E-state index in [1.165, 1.54) is 11.8 Å². The number of aromatic carboxylic acids is 1. The van der Waals surface area contributed by atoms with Crippen molar-refractivity contribution in [2.45, 2.75) is 11.4 Å². The van der Waals surface area contributed by atoms with Crippen LogP contribution >= 0.6 is 11.8 Å². The monoisotopic (exact) mass is 278 g/mol. The zero-order chi connectivity index (χ0) is 13.7. The van der Waals surface area contributed by atoms with Gasteiger partial charge in [-0.1, -0.05) is 18.2 Å². The number of rotatable bonds is 6. The van der Waals surface area contributed by atoms with E-state index >= 15 is 0 Å². The highest BCUT2D eigenvalue weighted by molar-refractivity contribution is 7.99. The van der Waals surface area contributed by atoms with Crippen LogP contribution < -0.4 is 0 Å². The van der Waals surface area contributed by atoms with Crippen molar-refractivity contribution in [3.05, 3.63) is 30.1 Å². The number of carboxylic acid groups (broad SMARTS) is 1. The highest BCUT2D eigenvalue weighted by Crippen LogP contribution is 2.25. The predicted octanol–water partition coefficient (Wildman–Crippen LogP) is 2.46. The number of benzene rings is 1. The molecule has 5 nitrogen and oxygen atoms in total. The average Bonchev–Trinajstić information content (AvgIpc) is 2.43. The third-order valence-corrected chi connectivity index (χ3v) is 3.57. The molecular weight excluding hydrogens is 264 g/mol. The van der Waals surface area contributed by atoms with E-state index in [0.717, 1.165) is 17.6 Å². The van der Waals surface area contributed by atoms with E-state index in [0.29, 0.717) is 17.1 Å². The molecule has 1 N–H and O–H groups in total. The van der Waals surface area contributed by atoms with E-state index in [-0.39, 0.29) is 5.82 Å². The van der Waals surface area contributed by atoms with Gasteiger partial charge in [-0.25, -0.2) is 14.8 Å². The molecule has 0 saturated carbocycles. The summed E-state index contributed by atoms with van der Waals surface area (Å²) in [7, 11) is 1.66. The number of carbonyl (C=O) groups is 1. The molecule has 19 heavy (non-hydrogen) atoms. The van der Waals surface area contributed by atoms with Crippen LogP contribution in [0.2, 0.25) is 0 Å². The van der Waals surface area contributed by atoms with Gasteiger partial charge in [-0.2, -0.15) is 0 Å². The number of fused-ring (bicyclic) bond motifs is 1.